The van der Waals surface area contributed by atoms with E-state index in [-0.39, 0.29) is 12.0 Å². The Labute approximate surface area is 130 Å². The van der Waals surface area contributed by atoms with Crippen molar-refractivity contribution in [2.75, 3.05) is 0 Å². The van der Waals surface area contributed by atoms with E-state index in [4.69, 9.17) is 0 Å². The van der Waals surface area contributed by atoms with Gasteiger partial charge in [-0.2, -0.15) is 23.7 Å². The molecular weight excluding hydrogens is 308 g/mol. The second kappa shape index (κ2) is 6.10. The Morgan fingerprint density at radius 3 is 1.91 bits per heavy atom. The molecule has 0 unspecified atom stereocenters. The fourth-order valence-corrected chi connectivity index (χ4v) is 2.24. The molecule has 0 amide bonds. The van der Waals surface area contributed by atoms with E-state index in [1.54, 1.807) is 12.1 Å². The number of rotatable bonds is 3. The van der Waals surface area contributed by atoms with E-state index in [1.807, 2.05) is 0 Å². The highest BCUT2D eigenvalue weighted by atomic mass is 19.4. The molecule has 0 aliphatic rings. The summed E-state index contributed by atoms with van der Waals surface area (Å²) in [7, 11) is 0. The van der Waals surface area contributed by atoms with Gasteiger partial charge in [-0.25, -0.2) is 4.39 Å². The second-order valence-electron chi connectivity index (χ2n) is 4.98. The van der Waals surface area contributed by atoms with Crippen molar-refractivity contribution in [2.24, 2.45) is 0 Å². The van der Waals surface area contributed by atoms with E-state index >= 15 is 0 Å². The molecule has 2 nitrogen and oxygen atoms in total. The lowest BCUT2D eigenvalue weighted by atomic mass is 9.77. The summed E-state index contributed by atoms with van der Waals surface area (Å²) in [6.07, 6.45) is -4.68. The zero-order valence-electron chi connectivity index (χ0n) is 11.7. The highest BCUT2D eigenvalue weighted by Gasteiger charge is 2.36. The smallest absolute Gasteiger partial charge is 0.207 e. The molecule has 0 fully saturated rings. The molecule has 2 rings (SSSR count). The highest BCUT2D eigenvalue weighted by molar-refractivity contribution is 5.43. The molecule has 0 spiro atoms. The standard InChI is InChI=1S/C17H10F4N2/c18-15-4-2-1-3-14(15)16(10-22,11-23)9-12-5-7-13(8-6-12)17(19,20)21/h1-8H,9H2. The molecule has 2 aromatic rings. The van der Waals surface area contributed by atoms with Gasteiger partial charge in [-0.05, 0) is 23.8 Å². The van der Waals surface area contributed by atoms with Crippen molar-refractivity contribution >= 4 is 0 Å². The molecule has 0 saturated heterocycles. The zero-order chi connectivity index (χ0) is 17.1. The fourth-order valence-electron chi connectivity index (χ4n) is 2.24. The Kier molecular flexibility index (Phi) is 4.38. The molecule has 0 aromatic heterocycles. The van der Waals surface area contributed by atoms with Crippen molar-refractivity contribution < 1.29 is 17.6 Å². The number of hydrogen-bond acceptors (Lipinski definition) is 2. The Balaban J connectivity index is 2.40. The van der Waals surface area contributed by atoms with Crippen LogP contribution in [0.1, 0.15) is 16.7 Å². The van der Waals surface area contributed by atoms with Crippen LogP contribution in [0.5, 0.6) is 0 Å². The summed E-state index contributed by atoms with van der Waals surface area (Å²) < 4.78 is 51.6. The van der Waals surface area contributed by atoms with Gasteiger partial charge in [0.25, 0.3) is 0 Å². The van der Waals surface area contributed by atoms with Crippen LogP contribution in [0.2, 0.25) is 0 Å². The molecule has 116 valence electrons. The Hall–Kier alpha value is -2.86. The van der Waals surface area contributed by atoms with Crippen molar-refractivity contribution in [3.05, 3.63) is 71.0 Å². The fraction of sp³-hybridized carbons (Fsp3) is 0.176. The minimum Gasteiger partial charge on any atom is -0.207 e. The van der Waals surface area contributed by atoms with Crippen LogP contribution in [0.15, 0.2) is 48.5 Å². The number of halogens is 4. The van der Waals surface area contributed by atoms with E-state index in [0.29, 0.717) is 5.56 Å². The van der Waals surface area contributed by atoms with E-state index < -0.39 is 23.0 Å². The Bertz CT molecular complexity index is 766. The third kappa shape index (κ3) is 3.32. The van der Waals surface area contributed by atoms with E-state index in [0.717, 1.165) is 18.2 Å². The average Bonchev–Trinajstić information content (AvgIpc) is 2.53. The molecule has 6 heteroatoms. The van der Waals surface area contributed by atoms with Gasteiger partial charge >= 0.3 is 6.18 Å². The van der Waals surface area contributed by atoms with Crippen molar-refractivity contribution in [2.45, 2.75) is 18.0 Å². The number of benzene rings is 2. The topological polar surface area (TPSA) is 47.6 Å². The number of hydrogen-bond donors (Lipinski definition) is 0. The van der Waals surface area contributed by atoms with Crippen LogP contribution < -0.4 is 0 Å². The average molecular weight is 318 g/mol. The monoisotopic (exact) mass is 318 g/mol. The largest absolute Gasteiger partial charge is 0.416 e. The van der Waals surface area contributed by atoms with Crippen molar-refractivity contribution in [1.29, 1.82) is 10.5 Å². The minimum atomic E-state index is -4.47. The molecule has 0 aliphatic carbocycles. The summed E-state index contributed by atoms with van der Waals surface area (Å²) in [6.45, 7) is 0. The van der Waals surface area contributed by atoms with E-state index in [1.165, 1.54) is 30.3 Å². The van der Waals surface area contributed by atoms with Gasteiger partial charge in [-0.15, -0.1) is 0 Å². The Morgan fingerprint density at radius 1 is 0.870 bits per heavy atom. The molecule has 0 heterocycles. The SMILES string of the molecule is N#CC(C#N)(Cc1ccc(C(F)(F)F)cc1)c1ccccc1F. The van der Waals surface area contributed by atoms with Gasteiger partial charge in [0.1, 0.15) is 5.82 Å². The first-order valence-electron chi connectivity index (χ1n) is 6.56. The predicted molar refractivity (Wildman–Crippen MR) is 74.5 cm³/mol. The first-order valence-corrected chi connectivity index (χ1v) is 6.56. The van der Waals surface area contributed by atoms with Gasteiger partial charge in [-0.3, -0.25) is 0 Å². The first-order chi connectivity index (χ1) is 10.8. The lowest BCUT2D eigenvalue weighted by molar-refractivity contribution is -0.137. The van der Waals surface area contributed by atoms with Crippen LogP contribution in [0.4, 0.5) is 17.6 Å². The van der Waals surface area contributed by atoms with Crippen molar-refractivity contribution in [3.8, 4) is 12.1 Å². The van der Waals surface area contributed by atoms with Gasteiger partial charge in [0.05, 0.1) is 17.7 Å². The molecule has 0 saturated carbocycles. The molecule has 0 N–H and O–H groups in total. The lowest BCUT2D eigenvalue weighted by Crippen LogP contribution is -2.26. The lowest BCUT2D eigenvalue weighted by Gasteiger charge is -2.20. The van der Waals surface area contributed by atoms with Crippen molar-refractivity contribution in [1.82, 2.24) is 0 Å². The van der Waals surface area contributed by atoms with Crippen LogP contribution in [0.3, 0.4) is 0 Å². The van der Waals surface area contributed by atoms with E-state index in [2.05, 4.69) is 0 Å². The van der Waals surface area contributed by atoms with Gasteiger partial charge in [0.15, 0.2) is 5.41 Å². The maximum absolute atomic E-state index is 13.9. The van der Waals surface area contributed by atoms with Gasteiger partial charge < -0.3 is 0 Å². The third-order valence-electron chi connectivity index (χ3n) is 3.47. The van der Waals surface area contributed by atoms with E-state index in [9.17, 15) is 28.1 Å². The number of alkyl halides is 3. The first kappa shape index (κ1) is 16.5. The quantitative estimate of drug-likeness (QED) is 0.789. The summed E-state index contributed by atoms with van der Waals surface area (Å²) >= 11 is 0. The van der Waals surface area contributed by atoms with Gasteiger partial charge in [0.2, 0.25) is 0 Å². The zero-order valence-corrected chi connectivity index (χ0v) is 11.7. The Morgan fingerprint density at radius 2 is 1.43 bits per heavy atom. The van der Waals surface area contributed by atoms with Gasteiger partial charge in [-0.1, -0.05) is 30.3 Å². The van der Waals surface area contributed by atoms with Crippen LogP contribution in [-0.4, -0.2) is 0 Å². The number of nitrogens with zero attached hydrogens (tertiary/aromatic N) is 2. The van der Waals surface area contributed by atoms with Gasteiger partial charge in [0, 0.05) is 12.0 Å². The predicted octanol–water partition coefficient (Wildman–Crippen LogP) is 4.37. The summed E-state index contributed by atoms with van der Waals surface area (Å²) in [5.41, 5.74) is -2.38. The molecule has 23 heavy (non-hydrogen) atoms. The summed E-state index contributed by atoms with van der Waals surface area (Å²) in [6, 6.07) is 13.1. The summed E-state index contributed by atoms with van der Waals surface area (Å²) in [4.78, 5) is 0. The number of nitriles is 2. The molecular formula is C17H10F4N2. The molecule has 0 atom stereocenters. The highest BCUT2D eigenvalue weighted by Crippen LogP contribution is 2.32. The summed E-state index contributed by atoms with van der Waals surface area (Å²) in [5.74, 6) is -0.706. The maximum atomic E-state index is 13.9. The molecule has 2 aromatic carbocycles. The van der Waals surface area contributed by atoms with Crippen LogP contribution >= 0.6 is 0 Å². The van der Waals surface area contributed by atoms with Crippen LogP contribution in [0, 0.1) is 28.5 Å². The molecule has 0 bridgehead atoms. The van der Waals surface area contributed by atoms with Crippen LogP contribution in [-0.2, 0) is 18.0 Å². The molecule has 0 radical (unpaired) electrons. The maximum Gasteiger partial charge on any atom is 0.416 e. The summed E-state index contributed by atoms with van der Waals surface area (Å²) in [5, 5.41) is 18.8. The van der Waals surface area contributed by atoms with Crippen LogP contribution in [0.25, 0.3) is 0 Å². The third-order valence-corrected chi connectivity index (χ3v) is 3.47. The normalized spacial score (nSPS) is 11.6. The second-order valence-corrected chi connectivity index (χ2v) is 4.98. The minimum absolute atomic E-state index is 0.0927. The molecule has 0 aliphatic heterocycles. The van der Waals surface area contributed by atoms with Crippen molar-refractivity contribution in [3.63, 3.8) is 0 Å².